The SMILES string of the molecule is Cc1ccc(C(C)C)c(N2CCNCC2=N)c1. The zero-order chi connectivity index (χ0) is 12.4. The van der Waals surface area contributed by atoms with Gasteiger partial charge in [-0.05, 0) is 30.0 Å². The smallest absolute Gasteiger partial charge is 0.115 e. The second kappa shape index (κ2) is 4.88. The summed E-state index contributed by atoms with van der Waals surface area (Å²) in [5.74, 6) is 1.16. The van der Waals surface area contributed by atoms with Crippen molar-refractivity contribution in [1.82, 2.24) is 5.32 Å². The molecule has 1 aliphatic rings. The number of nitrogens with zero attached hydrogens (tertiary/aromatic N) is 1. The van der Waals surface area contributed by atoms with Crippen LogP contribution in [0.5, 0.6) is 0 Å². The number of aryl methyl sites for hydroxylation is 1. The summed E-state index contributed by atoms with van der Waals surface area (Å²) in [6, 6.07) is 6.56. The molecule has 0 radical (unpaired) electrons. The third-order valence-electron chi connectivity index (χ3n) is 3.23. The van der Waals surface area contributed by atoms with Crippen molar-refractivity contribution in [2.45, 2.75) is 26.7 Å². The van der Waals surface area contributed by atoms with Crippen LogP contribution < -0.4 is 10.2 Å². The van der Waals surface area contributed by atoms with Crippen molar-refractivity contribution in [2.24, 2.45) is 0 Å². The minimum Gasteiger partial charge on any atom is -0.328 e. The topological polar surface area (TPSA) is 39.1 Å². The van der Waals surface area contributed by atoms with Crippen molar-refractivity contribution >= 4 is 11.5 Å². The van der Waals surface area contributed by atoms with Crippen molar-refractivity contribution < 1.29 is 0 Å². The van der Waals surface area contributed by atoms with E-state index >= 15 is 0 Å². The summed E-state index contributed by atoms with van der Waals surface area (Å²) in [4.78, 5) is 2.14. The largest absolute Gasteiger partial charge is 0.328 e. The highest BCUT2D eigenvalue weighted by atomic mass is 15.2. The molecule has 1 aromatic carbocycles. The lowest BCUT2D eigenvalue weighted by Gasteiger charge is -2.32. The van der Waals surface area contributed by atoms with Crippen molar-refractivity contribution in [3.05, 3.63) is 29.3 Å². The first-order valence-electron chi connectivity index (χ1n) is 6.26. The second-order valence-corrected chi connectivity index (χ2v) is 4.99. The molecule has 0 atom stereocenters. The molecule has 92 valence electrons. The van der Waals surface area contributed by atoms with Crippen LogP contribution in [0.3, 0.4) is 0 Å². The Bertz CT molecular complexity index is 423. The van der Waals surface area contributed by atoms with Gasteiger partial charge < -0.3 is 10.2 Å². The Hall–Kier alpha value is -1.35. The van der Waals surface area contributed by atoms with Gasteiger partial charge in [0.1, 0.15) is 5.84 Å². The molecule has 3 nitrogen and oxygen atoms in total. The van der Waals surface area contributed by atoms with Crippen LogP contribution in [0, 0.1) is 12.3 Å². The van der Waals surface area contributed by atoms with Gasteiger partial charge in [0.15, 0.2) is 0 Å². The molecule has 3 heteroatoms. The first kappa shape index (κ1) is 12.1. The average molecular weight is 231 g/mol. The third kappa shape index (κ3) is 2.50. The number of rotatable bonds is 2. The zero-order valence-corrected chi connectivity index (χ0v) is 10.9. The monoisotopic (exact) mass is 231 g/mol. The van der Waals surface area contributed by atoms with Gasteiger partial charge in [-0.1, -0.05) is 26.0 Å². The van der Waals surface area contributed by atoms with Crippen LogP contribution in [-0.2, 0) is 0 Å². The molecule has 2 N–H and O–H groups in total. The van der Waals surface area contributed by atoms with Crippen molar-refractivity contribution in [3.8, 4) is 0 Å². The first-order valence-corrected chi connectivity index (χ1v) is 6.26. The Morgan fingerprint density at radius 3 is 2.76 bits per heavy atom. The van der Waals surface area contributed by atoms with Crippen LogP contribution in [0.1, 0.15) is 30.9 Å². The standard InChI is InChI=1S/C14H21N3/c1-10(2)12-5-4-11(3)8-13(12)17-7-6-16-9-14(17)15/h4-5,8,10,15-16H,6-7,9H2,1-3H3. The van der Waals surface area contributed by atoms with Gasteiger partial charge in [-0.25, -0.2) is 0 Å². The third-order valence-corrected chi connectivity index (χ3v) is 3.23. The molecule has 2 rings (SSSR count). The van der Waals surface area contributed by atoms with E-state index < -0.39 is 0 Å². The molecule has 0 amide bonds. The molecule has 1 aliphatic heterocycles. The van der Waals surface area contributed by atoms with Crippen LogP contribution in [-0.4, -0.2) is 25.5 Å². The Morgan fingerprint density at radius 2 is 2.12 bits per heavy atom. The molecule has 17 heavy (non-hydrogen) atoms. The Balaban J connectivity index is 2.41. The Labute approximate surface area is 103 Å². The molecular formula is C14H21N3. The fraction of sp³-hybridized carbons (Fsp3) is 0.500. The molecular weight excluding hydrogens is 210 g/mol. The first-order chi connectivity index (χ1) is 8.09. The highest BCUT2D eigenvalue weighted by molar-refractivity contribution is 5.98. The summed E-state index contributed by atoms with van der Waals surface area (Å²) in [6.07, 6.45) is 0. The molecule has 0 aromatic heterocycles. The number of amidine groups is 1. The number of benzene rings is 1. The summed E-state index contributed by atoms with van der Waals surface area (Å²) in [7, 11) is 0. The lowest BCUT2D eigenvalue weighted by atomic mass is 9.98. The highest BCUT2D eigenvalue weighted by Crippen LogP contribution is 2.29. The molecule has 1 aromatic rings. The summed E-state index contributed by atoms with van der Waals surface area (Å²) in [5.41, 5.74) is 3.81. The van der Waals surface area contributed by atoms with E-state index in [-0.39, 0.29) is 0 Å². The van der Waals surface area contributed by atoms with E-state index in [1.807, 2.05) is 0 Å². The van der Waals surface area contributed by atoms with Gasteiger partial charge in [-0.15, -0.1) is 0 Å². The van der Waals surface area contributed by atoms with Crippen LogP contribution in [0.15, 0.2) is 18.2 Å². The predicted octanol–water partition coefficient (Wildman–Crippen LogP) is 2.51. The molecule has 1 saturated heterocycles. The second-order valence-electron chi connectivity index (χ2n) is 4.99. The maximum Gasteiger partial charge on any atom is 0.115 e. The zero-order valence-electron chi connectivity index (χ0n) is 10.9. The normalized spacial score (nSPS) is 16.7. The number of hydrogen-bond donors (Lipinski definition) is 2. The van der Waals surface area contributed by atoms with E-state index in [4.69, 9.17) is 5.41 Å². The quantitative estimate of drug-likeness (QED) is 0.821. The van der Waals surface area contributed by atoms with Gasteiger partial charge in [0.2, 0.25) is 0 Å². The molecule has 0 unspecified atom stereocenters. The number of piperazine rings is 1. The molecule has 1 heterocycles. The molecule has 1 fully saturated rings. The van der Waals surface area contributed by atoms with Gasteiger partial charge in [-0.2, -0.15) is 0 Å². The van der Waals surface area contributed by atoms with Gasteiger partial charge in [0.05, 0.1) is 6.54 Å². The Morgan fingerprint density at radius 1 is 1.35 bits per heavy atom. The van der Waals surface area contributed by atoms with Crippen LogP contribution >= 0.6 is 0 Å². The number of hydrogen-bond acceptors (Lipinski definition) is 2. The van der Waals surface area contributed by atoms with E-state index in [1.54, 1.807) is 0 Å². The number of anilines is 1. The van der Waals surface area contributed by atoms with Crippen LogP contribution in [0.2, 0.25) is 0 Å². The average Bonchev–Trinajstić information content (AvgIpc) is 2.29. The maximum absolute atomic E-state index is 8.05. The van der Waals surface area contributed by atoms with E-state index in [0.717, 1.165) is 13.1 Å². The molecule has 0 bridgehead atoms. The van der Waals surface area contributed by atoms with Crippen LogP contribution in [0.4, 0.5) is 5.69 Å². The Kier molecular flexibility index (Phi) is 3.48. The summed E-state index contributed by atoms with van der Waals surface area (Å²) in [6.45, 7) is 9.04. The van der Waals surface area contributed by atoms with E-state index in [1.165, 1.54) is 16.8 Å². The minimum atomic E-state index is 0.494. The summed E-state index contributed by atoms with van der Waals surface area (Å²) < 4.78 is 0. The van der Waals surface area contributed by atoms with E-state index in [2.05, 4.69) is 49.2 Å². The van der Waals surface area contributed by atoms with Crippen molar-refractivity contribution in [2.75, 3.05) is 24.5 Å². The lowest BCUT2D eigenvalue weighted by Crippen LogP contribution is -2.48. The fourth-order valence-corrected chi connectivity index (χ4v) is 2.27. The van der Waals surface area contributed by atoms with Gasteiger partial charge in [-0.3, -0.25) is 5.41 Å². The number of nitrogens with one attached hydrogen (secondary N) is 2. The summed E-state index contributed by atoms with van der Waals surface area (Å²) >= 11 is 0. The highest BCUT2D eigenvalue weighted by Gasteiger charge is 2.19. The van der Waals surface area contributed by atoms with Gasteiger partial charge >= 0.3 is 0 Å². The van der Waals surface area contributed by atoms with Gasteiger partial charge in [0, 0.05) is 18.8 Å². The fourth-order valence-electron chi connectivity index (χ4n) is 2.27. The van der Waals surface area contributed by atoms with Gasteiger partial charge in [0.25, 0.3) is 0 Å². The van der Waals surface area contributed by atoms with E-state index in [0.29, 0.717) is 18.3 Å². The lowest BCUT2D eigenvalue weighted by molar-refractivity contribution is 0.704. The predicted molar refractivity (Wildman–Crippen MR) is 73.2 cm³/mol. The van der Waals surface area contributed by atoms with Crippen molar-refractivity contribution in [3.63, 3.8) is 0 Å². The summed E-state index contributed by atoms with van der Waals surface area (Å²) in [5, 5.41) is 11.3. The maximum atomic E-state index is 8.05. The van der Waals surface area contributed by atoms with Crippen LogP contribution in [0.25, 0.3) is 0 Å². The van der Waals surface area contributed by atoms with E-state index in [9.17, 15) is 0 Å². The van der Waals surface area contributed by atoms with Crippen molar-refractivity contribution in [1.29, 1.82) is 5.41 Å². The molecule has 0 aliphatic carbocycles. The molecule has 0 spiro atoms. The molecule has 0 saturated carbocycles. The minimum absolute atomic E-state index is 0.494.